The first-order chi connectivity index (χ1) is 21.7. The quantitative estimate of drug-likeness (QED) is 0.107. The third kappa shape index (κ3) is 13.4. The highest BCUT2D eigenvalue weighted by Gasteiger charge is 2.13. The third-order valence-electron chi connectivity index (χ3n) is 6.49. The molecule has 0 spiro atoms. The van der Waals surface area contributed by atoms with Gasteiger partial charge in [-0.15, -0.1) is 23.4 Å². The fourth-order valence-corrected chi connectivity index (χ4v) is 4.88. The topological polar surface area (TPSA) is 105 Å². The largest absolute Gasteiger partial charge is 0.466 e. The first-order valence-corrected chi connectivity index (χ1v) is 16.9. The minimum absolute atomic E-state index is 0. The second kappa shape index (κ2) is 22.0. The summed E-state index contributed by atoms with van der Waals surface area (Å²) in [5, 5.41) is 0. The number of nitrogens with zero attached hydrogens (tertiary/aromatic N) is 2. The van der Waals surface area contributed by atoms with Crippen molar-refractivity contribution in [1.82, 2.24) is 9.97 Å². The van der Waals surface area contributed by atoms with Gasteiger partial charge in [-0.1, -0.05) is 52.5 Å². The van der Waals surface area contributed by atoms with Gasteiger partial charge in [0, 0.05) is 23.3 Å². The normalized spacial score (nSPS) is 10.1. The Hall–Kier alpha value is -3.56. The Balaban J connectivity index is 0.000000386. The Bertz CT molecular complexity index is 1450. The maximum atomic E-state index is 11.3. The first-order valence-electron chi connectivity index (χ1n) is 15.2. The smallest absolute Gasteiger partial charge is 0.315 e. The molecule has 0 aliphatic rings. The Kier molecular flexibility index (Phi) is 19.4. The van der Waals surface area contributed by atoms with Gasteiger partial charge >= 0.3 is 11.9 Å². The van der Waals surface area contributed by atoms with Crippen molar-refractivity contribution >= 4 is 35.3 Å². The number of rotatable bonds is 12. The van der Waals surface area contributed by atoms with E-state index in [2.05, 4.69) is 52.8 Å². The molecule has 8 nitrogen and oxygen atoms in total. The predicted octanol–water partition coefficient (Wildman–Crippen LogP) is 9.56. The summed E-state index contributed by atoms with van der Waals surface area (Å²) in [7, 11) is 0. The lowest BCUT2D eigenvalue weighted by Gasteiger charge is -2.00. The van der Waals surface area contributed by atoms with Crippen molar-refractivity contribution in [2.24, 2.45) is 0 Å². The Morgan fingerprint density at radius 2 is 1.15 bits per heavy atom. The molecule has 0 atom stereocenters. The number of carbonyl (C=O) groups is 2. The van der Waals surface area contributed by atoms with E-state index >= 15 is 0 Å². The molecule has 10 heteroatoms. The van der Waals surface area contributed by atoms with Gasteiger partial charge in [-0.05, 0) is 75.9 Å². The molecule has 2 heterocycles. The maximum absolute atomic E-state index is 11.3. The number of halogens is 1. The summed E-state index contributed by atoms with van der Waals surface area (Å²) >= 11 is 7.24. The fourth-order valence-electron chi connectivity index (χ4n) is 3.82. The van der Waals surface area contributed by atoms with Crippen LogP contribution in [-0.2, 0) is 43.5 Å². The van der Waals surface area contributed by atoms with Crippen LogP contribution < -0.4 is 0 Å². The molecule has 252 valence electrons. The number of alkyl halides is 1. The van der Waals surface area contributed by atoms with E-state index in [1.165, 1.54) is 22.9 Å². The molecule has 0 aliphatic heterocycles. The van der Waals surface area contributed by atoms with Crippen molar-refractivity contribution in [2.75, 3.05) is 19.0 Å². The first kappa shape index (κ1) is 40.5. The summed E-state index contributed by atoms with van der Waals surface area (Å²) in [4.78, 5) is 30.4. The molecular weight excluding hydrogens is 624 g/mol. The highest BCUT2D eigenvalue weighted by Crippen LogP contribution is 2.25. The van der Waals surface area contributed by atoms with Crippen LogP contribution in [0.15, 0.2) is 57.4 Å². The Morgan fingerprint density at radius 1 is 0.717 bits per heavy atom. The molecule has 4 aromatic rings. The second-order valence-electron chi connectivity index (χ2n) is 9.73. The lowest BCUT2D eigenvalue weighted by Crippen LogP contribution is -2.06. The molecule has 0 amide bonds. The number of aromatic nitrogens is 2. The average Bonchev–Trinajstić information content (AvgIpc) is 3.63. The van der Waals surface area contributed by atoms with Crippen molar-refractivity contribution in [2.45, 2.75) is 86.8 Å². The van der Waals surface area contributed by atoms with E-state index in [1.807, 2.05) is 38.1 Å². The summed E-state index contributed by atoms with van der Waals surface area (Å²) < 4.78 is 20.8. The van der Waals surface area contributed by atoms with Crippen LogP contribution in [0.3, 0.4) is 0 Å². The minimum atomic E-state index is -0.191. The van der Waals surface area contributed by atoms with Gasteiger partial charge in [0.2, 0.25) is 11.8 Å². The summed E-state index contributed by atoms with van der Waals surface area (Å²) in [5.74, 6) is 3.93. The summed E-state index contributed by atoms with van der Waals surface area (Å²) in [6.45, 7) is 14.3. The van der Waals surface area contributed by atoms with Crippen LogP contribution in [0.25, 0.3) is 22.9 Å². The van der Waals surface area contributed by atoms with Crippen LogP contribution in [0.5, 0.6) is 0 Å². The van der Waals surface area contributed by atoms with E-state index < -0.39 is 0 Å². The molecule has 46 heavy (non-hydrogen) atoms. The van der Waals surface area contributed by atoms with Crippen molar-refractivity contribution < 1.29 is 27.9 Å². The number of ether oxygens (including phenoxy) is 2. The molecule has 2 aromatic carbocycles. The van der Waals surface area contributed by atoms with Crippen LogP contribution >= 0.6 is 23.4 Å². The van der Waals surface area contributed by atoms with Crippen LogP contribution in [0.4, 0.5) is 0 Å². The number of aryl methyl sites for hydroxylation is 4. The second-order valence-corrected chi connectivity index (χ2v) is 11.0. The fraction of sp³-hybridized carbons (Fsp3) is 0.444. The average molecular weight is 673 g/mol. The number of benzene rings is 2. The van der Waals surface area contributed by atoms with Crippen molar-refractivity contribution in [3.63, 3.8) is 0 Å². The molecule has 0 aliphatic carbocycles. The van der Waals surface area contributed by atoms with E-state index in [1.54, 1.807) is 20.8 Å². The van der Waals surface area contributed by atoms with Gasteiger partial charge in [-0.2, -0.15) is 0 Å². The molecule has 0 N–H and O–H groups in total. The lowest BCUT2D eigenvalue weighted by atomic mass is 10.1. The van der Waals surface area contributed by atoms with E-state index in [9.17, 15) is 9.59 Å². The van der Waals surface area contributed by atoms with E-state index in [4.69, 9.17) is 25.2 Å². The third-order valence-corrected chi connectivity index (χ3v) is 7.66. The van der Waals surface area contributed by atoms with Gasteiger partial charge in [0.05, 0.1) is 36.2 Å². The SMILES string of the molecule is C.CCOC(=O)CC.CCOC(=O)CSCc1nc(-c2ccc(CC)cc2)oc1C.CCc1ccc(-c2nc(CCl)c(C)o2)cc1. The zero-order valence-electron chi connectivity index (χ0n) is 27.4. The van der Waals surface area contributed by atoms with Crippen molar-refractivity contribution in [3.05, 3.63) is 82.6 Å². The lowest BCUT2D eigenvalue weighted by molar-refractivity contribution is -0.142. The predicted molar refractivity (Wildman–Crippen MR) is 188 cm³/mol. The summed E-state index contributed by atoms with van der Waals surface area (Å²) in [6, 6.07) is 16.5. The summed E-state index contributed by atoms with van der Waals surface area (Å²) in [5.41, 5.74) is 6.26. The van der Waals surface area contributed by atoms with E-state index in [0.29, 0.717) is 48.8 Å². The Labute approximate surface area is 283 Å². The number of thioether (sulfide) groups is 1. The molecule has 0 radical (unpaired) electrons. The van der Waals surface area contributed by atoms with Crippen LogP contribution in [-0.4, -0.2) is 40.9 Å². The van der Waals surface area contributed by atoms with Gasteiger partial charge in [0.25, 0.3) is 0 Å². The van der Waals surface area contributed by atoms with Crippen LogP contribution in [0, 0.1) is 13.8 Å². The molecule has 0 unspecified atom stereocenters. The molecular formula is C36H49ClN2O6S. The highest BCUT2D eigenvalue weighted by atomic mass is 35.5. The van der Waals surface area contributed by atoms with E-state index in [0.717, 1.165) is 46.9 Å². The van der Waals surface area contributed by atoms with Gasteiger partial charge in [0.1, 0.15) is 11.5 Å². The zero-order chi connectivity index (χ0) is 33.2. The van der Waals surface area contributed by atoms with Gasteiger partial charge in [-0.25, -0.2) is 9.97 Å². The minimum Gasteiger partial charge on any atom is -0.466 e. The van der Waals surface area contributed by atoms with Gasteiger partial charge in [0.15, 0.2) is 0 Å². The standard InChI is InChI=1S/C17H21NO3S.C13H14ClNO.C5H10O2.CH4/c1-4-13-6-8-14(9-7-13)17-18-15(12(3)21-17)10-22-11-16(19)20-5-2;1-3-10-4-6-11(7-5-10)13-15-12(8-14)9(2)16-13;1-3-5(6)7-4-2;/h6-9H,4-5,10-11H2,1-3H3;4-7H,3,8H2,1-2H3;3-4H2,1-2H3;1H4. The number of hydrogen-bond donors (Lipinski definition) is 0. The van der Waals surface area contributed by atoms with E-state index in [-0.39, 0.29) is 19.4 Å². The maximum Gasteiger partial charge on any atom is 0.315 e. The van der Waals surface area contributed by atoms with Gasteiger partial charge in [-0.3, -0.25) is 9.59 Å². The molecule has 0 fully saturated rings. The molecule has 0 saturated heterocycles. The summed E-state index contributed by atoms with van der Waals surface area (Å²) in [6.07, 6.45) is 2.53. The number of oxazole rings is 2. The van der Waals surface area contributed by atoms with Crippen molar-refractivity contribution in [1.29, 1.82) is 0 Å². The van der Waals surface area contributed by atoms with Crippen LogP contribution in [0.2, 0.25) is 0 Å². The molecule has 4 rings (SSSR count). The molecule has 2 aromatic heterocycles. The van der Waals surface area contributed by atoms with Gasteiger partial charge < -0.3 is 18.3 Å². The molecule has 0 saturated carbocycles. The number of esters is 2. The Morgan fingerprint density at radius 3 is 1.52 bits per heavy atom. The monoisotopic (exact) mass is 672 g/mol. The number of carbonyl (C=O) groups excluding carboxylic acids is 2. The highest BCUT2D eigenvalue weighted by molar-refractivity contribution is 7.99. The van der Waals surface area contributed by atoms with Crippen LogP contribution in [0.1, 0.15) is 82.5 Å². The zero-order valence-corrected chi connectivity index (χ0v) is 29.0. The van der Waals surface area contributed by atoms with Crippen molar-refractivity contribution in [3.8, 4) is 22.9 Å². The number of hydrogen-bond acceptors (Lipinski definition) is 9. The molecule has 0 bridgehead atoms.